The van der Waals surface area contributed by atoms with Gasteiger partial charge in [-0.05, 0) is 26.2 Å². The second kappa shape index (κ2) is 9.96. The van der Waals surface area contributed by atoms with E-state index < -0.39 is 18.1 Å². The molecule has 0 bridgehead atoms. The first-order valence-electron chi connectivity index (χ1n) is 6.92. The van der Waals surface area contributed by atoms with Crippen molar-refractivity contribution in [2.75, 3.05) is 13.2 Å². The Morgan fingerprint density at radius 1 is 1.45 bits per heavy atom. The number of hydrogen-bond acceptors (Lipinski definition) is 4. The molecule has 3 atom stereocenters. The summed E-state index contributed by atoms with van der Waals surface area (Å²) in [5, 5.41) is 14.7. The Bertz CT molecular complexity index is 309. The van der Waals surface area contributed by atoms with Crippen molar-refractivity contribution in [2.45, 2.75) is 57.7 Å². The molecule has 1 heterocycles. The minimum absolute atomic E-state index is 0. The number of hydrogen-bond donors (Lipinski definition) is 3. The molecule has 3 unspecified atom stereocenters. The number of carbonyl (C=O) groups excluding carboxylic acids is 1. The number of rotatable bonds is 8. The molecule has 0 aromatic heterocycles. The van der Waals surface area contributed by atoms with Crippen molar-refractivity contribution in [1.82, 2.24) is 10.6 Å². The van der Waals surface area contributed by atoms with E-state index in [4.69, 9.17) is 9.84 Å². The summed E-state index contributed by atoms with van der Waals surface area (Å²) in [5.41, 5.74) is 0. The Labute approximate surface area is 126 Å². The lowest BCUT2D eigenvalue weighted by Crippen LogP contribution is -2.50. The van der Waals surface area contributed by atoms with Crippen LogP contribution in [0.5, 0.6) is 0 Å². The summed E-state index contributed by atoms with van der Waals surface area (Å²) in [6.07, 6.45) is 3.37. The zero-order valence-corrected chi connectivity index (χ0v) is 12.9. The summed E-state index contributed by atoms with van der Waals surface area (Å²) in [6.45, 7) is 4.85. The molecule has 0 radical (unpaired) electrons. The lowest BCUT2D eigenvalue weighted by molar-refractivity contribution is -0.140. The number of aliphatic carboxylic acids is 1. The van der Waals surface area contributed by atoms with Crippen LogP contribution in [-0.4, -0.2) is 48.3 Å². The number of carboxylic acids is 1. The van der Waals surface area contributed by atoms with Gasteiger partial charge in [-0.3, -0.25) is 14.9 Å². The van der Waals surface area contributed by atoms with E-state index >= 15 is 0 Å². The van der Waals surface area contributed by atoms with E-state index in [-0.39, 0.29) is 24.4 Å². The number of carboxylic acid groups (broad SMARTS) is 1. The van der Waals surface area contributed by atoms with E-state index in [2.05, 4.69) is 10.6 Å². The third kappa shape index (κ3) is 6.54. The van der Waals surface area contributed by atoms with Gasteiger partial charge in [-0.1, -0.05) is 13.3 Å². The van der Waals surface area contributed by atoms with Crippen LogP contribution in [0.25, 0.3) is 0 Å². The molecule has 1 rings (SSSR count). The van der Waals surface area contributed by atoms with Crippen LogP contribution in [0.4, 0.5) is 0 Å². The summed E-state index contributed by atoms with van der Waals surface area (Å²) < 4.78 is 5.41. The third-order valence-electron chi connectivity index (χ3n) is 3.25. The van der Waals surface area contributed by atoms with Crippen molar-refractivity contribution < 1.29 is 19.4 Å². The van der Waals surface area contributed by atoms with Crippen molar-refractivity contribution in [3.05, 3.63) is 0 Å². The van der Waals surface area contributed by atoms with Crippen LogP contribution in [0.3, 0.4) is 0 Å². The van der Waals surface area contributed by atoms with Crippen molar-refractivity contribution >= 4 is 24.3 Å². The van der Waals surface area contributed by atoms with E-state index in [0.717, 1.165) is 25.9 Å². The summed E-state index contributed by atoms with van der Waals surface area (Å²) in [7, 11) is 0. The standard InChI is InChI=1S/C13H24N2O4.ClH/c1-3-5-11(13(17)18)15-9(2)12(16)14-8-10-6-4-7-19-10;/h9-11,15H,3-8H2,1-2H3,(H,14,16)(H,17,18);1H. The number of halogens is 1. The van der Waals surface area contributed by atoms with Gasteiger partial charge >= 0.3 is 5.97 Å². The van der Waals surface area contributed by atoms with Gasteiger partial charge in [0.25, 0.3) is 0 Å². The zero-order valence-electron chi connectivity index (χ0n) is 12.1. The van der Waals surface area contributed by atoms with Gasteiger partial charge in [0.2, 0.25) is 5.91 Å². The molecule has 1 saturated heterocycles. The van der Waals surface area contributed by atoms with Crippen LogP contribution in [0, 0.1) is 0 Å². The number of carbonyl (C=O) groups is 2. The predicted molar refractivity (Wildman–Crippen MR) is 78.2 cm³/mol. The van der Waals surface area contributed by atoms with Crippen molar-refractivity contribution in [1.29, 1.82) is 0 Å². The highest BCUT2D eigenvalue weighted by molar-refractivity contribution is 5.85. The van der Waals surface area contributed by atoms with Crippen LogP contribution in [0.2, 0.25) is 0 Å². The molecule has 0 aromatic carbocycles. The molecule has 0 saturated carbocycles. The molecular formula is C13H25ClN2O4. The fourth-order valence-corrected chi connectivity index (χ4v) is 2.12. The molecule has 7 heteroatoms. The zero-order chi connectivity index (χ0) is 14.3. The highest BCUT2D eigenvalue weighted by Crippen LogP contribution is 2.10. The maximum atomic E-state index is 11.8. The third-order valence-corrected chi connectivity index (χ3v) is 3.25. The second-order valence-corrected chi connectivity index (χ2v) is 4.95. The average Bonchev–Trinajstić information content (AvgIpc) is 2.88. The Balaban J connectivity index is 0.00000361. The summed E-state index contributed by atoms with van der Waals surface area (Å²) in [4.78, 5) is 22.8. The Kier molecular flexibility index (Phi) is 9.54. The molecule has 118 valence electrons. The van der Waals surface area contributed by atoms with Gasteiger partial charge in [0, 0.05) is 13.2 Å². The first kappa shape index (κ1) is 19.1. The second-order valence-electron chi connectivity index (χ2n) is 4.95. The molecule has 1 aliphatic rings. The number of ether oxygens (including phenoxy) is 1. The molecule has 0 aromatic rings. The minimum atomic E-state index is -0.916. The van der Waals surface area contributed by atoms with Crippen LogP contribution in [0.15, 0.2) is 0 Å². The monoisotopic (exact) mass is 308 g/mol. The minimum Gasteiger partial charge on any atom is -0.480 e. The van der Waals surface area contributed by atoms with Crippen molar-refractivity contribution in [3.63, 3.8) is 0 Å². The Morgan fingerprint density at radius 2 is 2.15 bits per heavy atom. The van der Waals surface area contributed by atoms with Crippen molar-refractivity contribution in [3.8, 4) is 0 Å². The Morgan fingerprint density at radius 3 is 2.65 bits per heavy atom. The van der Waals surface area contributed by atoms with E-state index in [1.165, 1.54) is 0 Å². The molecular weight excluding hydrogens is 284 g/mol. The van der Waals surface area contributed by atoms with Crippen LogP contribution < -0.4 is 10.6 Å². The molecule has 1 fully saturated rings. The van der Waals surface area contributed by atoms with Gasteiger partial charge in [-0.2, -0.15) is 0 Å². The highest BCUT2D eigenvalue weighted by atomic mass is 35.5. The highest BCUT2D eigenvalue weighted by Gasteiger charge is 2.23. The van der Waals surface area contributed by atoms with Crippen LogP contribution in [0.1, 0.15) is 39.5 Å². The van der Waals surface area contributed by atoms with Gasteiger partial charge in [0.05, 0.1) is 12.1 Å². The molecule has 6 nitrogen and oxygen atoms in total. The van der Waals surface area contributed by atoms with Crippen LogP contribution >= 0.6 is 12.4 Å². The van der Waals surface area contributed by atoms with Gasteiger partial charge in [-0.25, -0.2) is 0 Å². The SMILES string of the molecule is CCCC(NC(C)C(=O)NCC1CCCO1)C(=O)O.Cl. The Hall–Kier alpha value is -0.850. The fourth-order valence-electron chi connectivity index (χ4n) is 2.12. The van der Waals surface area contributed by atoms with Gasteiger partial charge < -0.3 is 15.2 Å². The van der Waals surface area contributed by atoms with E-state index in [1.54, 1.807) is 6.92 Å². The summed E-state index contributed by atoms with van der Waals surface area (Å²) >= 11 is 0. The lowest BCUT2D eigenvalue weighted by atomic mass is 10.1. The summed E-state index contributed by atoms with van der Waals surface area (Å²) in [6, 6.07) is -1.19. The van der Waals surface area contributed by atoms with Gasteiger partial charge in [-0.15, -0.1) is 12.4 Å². The van der Waals surface area contributed by atoms with E-state index in [0.29, 0.717) is 13.0 Å². The normalized spacial score (nSPS) is 20.8. The quantitative estimate of drug-likeness (QED) is 0.621. The molecule has 0 aliphatic carbocycles. The predicted octanol–water partition coefficient (Wildman–Crippen LogP) is 0.935. The van der Waals surface area contributed by atoms with Crippen LogP contribution in [-0.2, 0) is 14.3 Å². The smallest absolute Gasteiger partial charge is 0.320 e. The fraction of sp³-hybridized carbons (Fsp3) is 0.846. The maximum Gasteiger partial charge on any atom is 0.320 e. The topological polar surface area (TPSA) is 87.7 Å². The molecule has 3 N–H and O–H groups in total. The van der Waals surface area contributed by atoms with Crippen molar-refractivity contribution in [2.24, 2.45) is 0 Å². The molecule has 0 spiro atoms. The summed E-state index contributed by atoms with van der Waals surface area (Å²) in [5.74, 6) is -1.10. The van der Waals surface area contributed by atoms with E-state index in [1.807, 2.05) is 6.92 Å². The number of amides is 1. The first-order chi connectivity index (χ1) is 9.04. The number of nitrogens with one attached hydrogen (secondary N) is 2. The van der Waals surface area contributed by atoms with E-state index in [9.17, 15) is 9.59 Å². The van der Waals surface area contributed by atoms with Gasteiger partial charge in [0.1, 0.15) is 6.04 Å². The van der Waals surface area contributed by atoms with Gasteiger partial charge in [0.15, 0.2) is 0 Å². The largest absolute Gasteiger partial charge is 0.480 e. The average molecular weight is 309 g/mol. The molecule has 1 amide bonds. The first-order valence-corrected chi connectivity index (χ1v) is 6.92. The molecule has 1 aliphatic heterocycles. The maximum absolute atomic E-state index is 11.8. The molecule has 20 heavy (non-hydrogen) atoms. The lowest BCUT2D eigenvalue weighted by Gasteiger charge is -2.20.